The van der Waals surface area contributed by atoms with Crippen LogP contribution in [0.15, 0.2) is 0 Å². The van der Waals surface area contributed by atoms with E-state index in [9.17, 15) is 0 Å². The number of hydrogen-bond acceptors (Lipinski definition) is 3. The van der Waals surface area contributed by atoms with Crippen molar-refractivity contribution >= 4 is 0 Å². The molecule has 1 N–H and O–H groups in total. The molecule has 98 valence electrons. The molecule has 0 amide bonds. The SMILES string of the molecule is OCCCN1CCN([C@H]2C[C@@H]3CC[C@@H]2C3)CC1. The van der Waals surface area contributed by atoms with Crippen LogP contribution in [-0.4, -0.2) is 60.3 Å². The molecule has 3 fully saturated rings. The largest absolute Gasteiger partial charge is 0.396 e. The molecule has 3 heteroatoms. The molecule has 3 atom stereocenters. The smallest absolute Gasteiger partial charge is 0.0443 e. The lowest BCUT2D eigenvalue weighted by Crippen LogP contribution is -2.51. The Morgan fingerprint density at radius 1 is 1.00 bits per heavy atom. The van der Waals surface area contributed by atoms with Gasteiger partial charge >= 0.3 is 0 Å². The summed E-state index contributed by atoms with van der Waals surface area (Å²) in [5.74, 6) is 2.10. The third-order valence-electron chi connectivity index (χ3n) is 5.21. The molecular formula is C14H26N2O. The van der Waals surface area contributed by atoms with Gasteiger partial charge in [-0.1, -0.05) is 6.42 Å². The van der Waals surface area contributed by atoms with Crippen molar-refractivity contribution in [3.8, 4) is 0 Å². The standard InChI is InChI=1S/C14H26N2O/c17-9-1-4-15-5-7-16(8-6-15)14-11-12-2-3-13(14)10-12/h12-14,17H,1-11H2/t12-,13-,14+/m1/s1. The van der Waals surface area contributed by atoms with Crippen LogP contribution in [0.25, 0.3) is 0 Å². The molecule has 17 heavy (non-hydrogen) atoms. The van der Waals surface area contributed by atoms with Gasteiger partial charge in [0.2, 0.25) is 0 Å². The van der Waals surface area contributed by atoms with E-state index in [-0.39, 0.29) is 0 Å². The molecule has 1 saturated heterocycles. The third kappa shape index (κ3) is 2.51. The summed E-state index contributed by atoms with van der Waals surface area (Å²) < 4.78 is 0. The van der Waals surface area contributed by atoms with E-state index in [0.717, 1.165) is 30.8 Å². The van der Waals surface area contributed by atoms with Crippen LogP contribution in [0.5, 0.6) is 0 Å². The molecule has 0 aromatic heterocycles. The zero-order chi connectivity index (χ0) is 11.7. The quantitative estimate of drug-likeness (QED) is 0.796. The minimum absolute atomic E-state index is 0.340. The highest BCUT2D eigenvalue weighted by Crippen LogP contribution is 2.46. The molecule has 2 bridgehead atoms. The Labute approximate surface area is 105 Å². The maximum absolute atomic E-state index is 8.86. The van der Waals surface area contributed by atoms with E-state index >= 15 is 0 Å². The van der Waals surface area contributed by atoms with Gasteiger partial charge in [0, 0.05) is 45.4 Å². The van der Waals surface area contributed by atoms with Gasteiger partial charge in [0.25, 0.3) is 0 Å². The van der Waals surface area contributed by atoms with Gasteiger partial charge in [-0.2, -0.15) is 0 Å². The van der Waals surface area contributed by atoms with Gasteiger partial charge < -0.3 is 10.0 Å². The number of fused-ring (bicyclic) bond motifs is 2. The van der Waals surface area contributed by atoms with Gasteiger partial charge in [-0.15, -0.1) is 0 Å². The fourth-order valence-electron chi connectivity index (χ4n) is 4.27. The topological polar surface area (TPSA) is 26.7 Å². The summed E-state index contributed by atoms with van der Waals surface area (Å²) in [6.07, 6.45) is 6.96. The zero-order valence-corrected chi connectivity index (χ0v) is 10.9. The molecule has 2 saturated carbocycles. The van der Waals surface area contributed by atoms with Crippen LogP contribution in [0, 0.1) is 11.8 Å². The van der Waals surface area contributed by atoms with E-state index in [1.165, 1.54) is 51.9 Å². The Morgan fingerprint density at radius 2 is 1.82 bits per heavy atom. The lowest BCUT2D eigenvalue weighted by Gasteiger charge is -2.41. The highest BCUT2D eigenvalue weighted by molar-refractivity contribution is 4.96. The van der Waals surface area contributed by atoms with E-state index in [4.69, 9.17) is 5.11 Å². The molecule has 0 spiro atoms. The van der Waals surface area contributed by atoms with Gasteiger partial charge in [-0.3, -0.25) is 4.90 Å². The van der Waals surface area contributed by atoms with Gasteiger partial charge in [-0.25, -0.2) is 0 Å². The Bertz CT molecular complexity index is 251. The number of nitrogens with zero attached hydrogens (tertiary/aromatic N) is 2. The molecule has 3 rings (SSSR count). The van der Waals surface area contributed by atoms with Crippen molar-refractivity contribution in [3.63, 3.8) is 0 Å². The molecule has 3 aliphatic rings. The van der Waals surface area contributed by atoms with E-state index in [1.54, 1.807) is 0 Å². The van der Waals surface area contributed by atoms with Crippen LogP contribution in [-0.2, 0) is 0 Å². The predicted octanol–water partition coefficient (Wildman–Crippen LogP) is 1.17. The number of piperazine rings is 1. The molecular weight excluding hydrogens is 212 g/mol. The Morgan fingerprint density at radius 3 is 2.41 bits per heavy atom. The first-order valence-electron chi connectivity index (χ1n) is 7.44. The maximum atomic E-state index is 8.86. The first-order chi connectivity index (χ1) is 8.36. The predicted molar refractivity (Wildman–Crippen MR) is 69.0 cm³/mol. The van der Waals surface area contributed by atoms with Crippen molar-refractivity contribution in [3.05, 3.63) is 0 Å². The van der Waals surface area contributed by atoms with E-state index in [0.29, 0.717) is 6.61 Å². The maximum Gasteiger partial charge on any atom is 0.0443 e. The van der Waals surface area contributed by atoms with Gasteiger partial charge in [0.1, 0.15) is 0 Å². The molecule has 0 aromatic carbocycles. The van der Waals surface area contributed by atoms with E-state index < -0.39 is 0 Å². The Kier molecular flexibility index (Phi) is 3.69. The third-order valence-corrected chi connectivity index (χ3v) is 5.21. The van der Waals surface area contributed by atoms with Crippen LogP contribution in [0.1, 0.15) is 32.1 Å². The summed E-state index contributed by atoms with van der Waals surface area (Å²) in [7, 11) is 0. The van der Waals surface area contributed by atoms with Gasteiger partial charge in [-0.05, 0) is 37.5 Å². The highest BCUT2D eigenvalue weighted by Gasteiger charge is 2.42. The van der Waals surface area contributed by atoms with Gasteiger partial charge in [0.05, 0.1) is 0 Å². The number of aliphatic hydroxyl groups is 1. The summed E-state index contributed by atoms with van der Waals surface area (Å²) in [6, 6.07) is 0.925. The van der Waals surface area contributed by atoms with Crippen molar-refractivity contribution < 1.29 is 5.11 Å². The number of rotatable bonds is 4. The Hall–Kier alpha value is -0.120. The number of hydrogen-bond donors (Lipinski definition) is 1. The summed E-state index contributed by atoms with van der Waals surface area (Å²) >= 11 is 0. The average molecular weight is 238 g/mol. The molecule has 0 aromatic rings. The van der Waals surface area contributed by atoms with Crippen molar-refractivity contribution in [1.82, 2.24) is 9.80 Å². The molecule has 3 nitrogen and oxygen atoms in total. The highest BCUT2D eigenvalue weighted by atomic mass is 16.3. The fourth-order valence-corrected chi connectivity index (χ4v) is 4.27. The second-order valence-corrected chi connectivity index (χ2v) is 6.20. The van der Waals surface area contributed by atoms with Crippen molar-refractivity contribution in [2.24, 2.45) is 11.8 Å². The van der Waals surface area contributed by atoms with Crippen molar-refractivity contribution in [2.75, 3.05) is 39.3 Å². The fraction of sp³-hybridized carbons (Fsp3) is 1.00. The van der Waals surface area contributed by atoms with Crippen LogP contribution >= 0.6 is 0 Å². The number of aliphatic hydroxyl groups excluding tert-OH is 1. The summed E-state index contributed by atoms with van der Waals surface area (Å²) in [4.78, 5) is 5.28. The second-order valence-electron chi connectivity index (χ2n) is 6.20. The monoisotopic (exact) mass is 238 g/mol. The molecule has 1 aliphatic heterocycles. The Balaban J connectivity index is 1.45. The summed E-state index contributed by atoms with van der Waals surface area (Å²) in [5.41, 5.74) is 0. The minimum Gasteiger partial charge on any atom is -0.396 e. The molecule has 2 aliphatic carbocycles. The van der Waals surface area contributed by atoms with Crippen LogP contribution in [0.3, 0.4) is 0 Å². The lowest BCUT2D eigenvalue weighted by molar-refractivity contribution is 0.0683. The average Bonchev–Trinajstić information content (AvgIpc) is 2.99. The summed E-state index contributed by atoms with van der Waals surface area (Å²) in [6.45, 7) is 6.38. The molecule has 0 radical (unpaired) electrons. The van der Waals surface area contributed by atoms with Crippen molar-refractivity contribution in [1.29, 1.82) is 0 Å². The van der Waals surface area contributed by atoms with Gasteiger partial charge in [0.15, 0.2) is 0 Å². The normalized spacial score (nSPS) is 39.0. The summed E-state index contributed by atoms with van der Waals surface area (Å²) in [5, 5.41) is 8.86. The van der Waals surface area contributed by atoms with Crippen LogP contribution in [0.2, 0.25) is 0 Å². The first kappa shape index (κ1) is 11.9. The first-order valence-corrected chi connectivity index (χ1v) is 7.44. The molecule has 0 unspecified atom stereocenters. The molecule has 1 heterocycles. The van der Waals surface area contributed by atoms with E-state index in [1.807, 2.05) is 0 Å². The van der Waals surface area contributed by atoms with Crippen molar-refractivity contribution in [2.45, 2.75) is 38.1 Å². The van der Waals surface area contributed by atoms with E-state index in [2.05, 4.69) is 9.80 Å². The van der Waals surface area contributed by atoms with Crippen LogP contribution < -0.4 is 0 Å². The zero-order valence-electron chi connectivity index (χ0n) is 10.9. The lowest BCUT2D eigenvalue weighted by atomic mass is 9.93. The second kappa shape index (κ2) is 5.25. The van der Waals surface area contributed by atoms with Crippen LogP contribution in [0.4, 0.5) is 0 Å². The minimum atomic E-state index is 0.340.